The molecule has 0 bridgehead atoms. The van der Waals surface area contributed by atoms with E-state index in [1.165, 1.54) is 0 Å². The lowest BCUT2D eigenvalue weighted by Gasteiger charge is -1.93. The molecule has 3 heteroatoms. The van der Waals surface area contributed by atoms with Gasteiger partial charge in [0.2, 0.25) is 0 Å². The third-order valence-corrected chi connectivity index (χ3v) is 1.78. The number of fused-ring (bicyclic) bond motifs is 1. The van der Waals surface area contributed by atoms with Gasteiger partial charge in [0, 0.05) is 18.0 Å². The molecule has 0 radical (unpaired) electrons. The van der Waals surface area contributed by atoms with Crippen molar-refractivity contribution in [3.63, 3.8) is 0 Å². The smallest absolute Gasteiger partial charge is 0.194 e. The van der Waals surface area contributed by atoms with Crippen LogP contribution in [0.1, 0.15) is 6.92 Å². The highest BCUT2D eigenvalue weighted by atomic mass is 35.5. The molecule has 0 aliphatic carbocycles. The van der Waals surface area contributed by atoms with Crippen LogP contribution in [0.3, 0.4) is 0 Å². The predicted molar refractivity (Wildman–Crippen MR) is 57.6 cm³/mol. The average molecular weight is 198 g/mol. The lowest BCUT2D eigenvalue weighted by Crippen LogP contribution is -1.93. The van der Waals surface area contributed by atoms with E-state index in [0.29, 0.717) is 0 Å². The van der Waals surface area contributed by atoms with Crippen molar-refractivity contribution in [3.05, 3.63) is 30.3 Å². The monoisotopic (exact) mass is 197 g/mol. The summed E-state index contributed by atoms with van der Waals surface area (Å²) in [4.78, 5) is 0. The Morgan fingerprint density at radius 3 is 2.77 bits per heavy atom. The highest BCUT2D eigenvalue weighted by Crippen LogP contribution is 2.21. The molecule has 0 fully saturated rings. The minimum absolute atomic E-state index is 0. The SMILES string of the molecule is CCNc1cc2ccccc2o1.Cl. The number of hydrogen-bond acceptors (Lipinski definition) is 2. The molecular formula is C10H12ClNO. The molecule has 0 saturated heterocycles. The van der Waals surface area contributed by atoms with E-state index in [1.807, 2.05) is 37.3 Å². The number of para-hydroxylation sites is 1. The van der Waals surface area contributed by atoms with Gasteiger partial charge in [0.15, 0.2) is 5.88 Å². The van der Waals surface area contributed by atoms with E-state index in [2.05, 4.69) is 5.32 Å². The maximum atomic E-state index is 5.50. The van der Waals surface area contributed by atoms with Crippen LogP contribution >= 0.6 is 12.4 Å². The predicted octanol–water partition coefficient (Wildman–Crippen LogP) is 3.29. The Morgan fingerprint density at radius 1 is 1.31 bits per heavy atom. The Bertz CT molecular complexity index is 350. The minimum atomic E-state index is 0. The first-order valence-electron chi connectivity index (χ1n) is 4.12. The number of anilines is 1. The van der Waals surface area contributed by atoms with Crippen molar-refractivity contribution < 1.29 is 4.42 Å². The summed E-state index contributed by atoms with van der Waals surface area (Å²) in [6.45, 7) is 2.94. The molecule has 1 N–H and O–H groups in total. The number of nitrogens with one attached hydrogen (secondary N) is 1. The second kappa shape index (κ2) is 4.19. The molecule has 2 nitrogen and oxygen atoms in total. The molecule has 0 saturated carbocycles. The van der Waals surface area contributed by atoms with Crippen molar-refractivity contribution in [2.75, 3.05) is 11.9 Å². The third kappa shape index (κ3) is 1.95. The quantitative estimate of drug-likeness (QED) is 0.800. The van der Waals surface area contributed by atoms with E-state index < -0.39 is 0 Å². The zero-order valence-corrected chi connectivity index (χ0v) is 8.23. The Kier molecular flexibility index (Phi) is 3.20. The number of rotatable bonds is 2. The van der Waals surface area contributed by atoms with E-state index in [1.54, 1.807) is 0 Å². The summed E-state index contributed by atoms with van der Waals surface area (Å²) < 4.78 is 5.50. The fourth-order valence-electron chi connectivity index (χ4n) is 1.24. The second-order valence-corrected chi connectivity index (χ2v) is 2.68. The summed E-state index contributed by atoms with van der Waals surface area (Å²) in [6, 6.07) is 10.0. The molecule has 2 rings (SSSR count). The summed E-state index contributed by atoms with van der Waals surface area (Å²) in [6.07, 6.45) is 0. The molecule has 2 aromatic rings. The normalized spacial score (nSPS) is 9.62. The van der Waals surface area contributed by atoms with Crippen LogP contribution in [0.25, 0.3) is 11.0 Å². The van der Waals surface area contributed by atoms with Crippen molar-refractivity contribution in [3.8, 4) is 0 Å². The number of halogens is 1. The fourth-order valence-corrected chi connectivity index (χ4v) is 1.24. The molecular weight excluding hydrogens is 186 g/mol. The molecule has 70 valence electrons. The van der Waals surface area contributed by atoms with E-state index in [-0.39, 0.29) is 12.4 Å². The lowest BCUT2D eigenvalue weighted by atomic mass is 10.3. The van der Waals surface area contributed by atoms with Gasteiger partial charge in [0.05, 0.1) is 0 Å². The molecule has 0 spiro atoms. The molecule has 1 aromatic heterocycles. The van der Waals surface area contributed by atoms with Gasteiger partial charge in [-0.3, -0.25) is 0 Å². The van der Waals surface area contributed by atoms with Crippen LogP contribution in [0.15, 0.2) is 34.7 Å². The van der Waals surface area contributed by atoms with Crippen LogP contribution in [-0.2, 0) is 0 Å². The highest BCUT2D eigenvalue weighted by molar-refractivity contribution is 5.85. The molecule has 0 amide bonds. The van der Waals surface area contributed by atoms with Gasteiger partial charge in [-0.25, -0.2) is 0 Å². The molecule has 0 aliphatic heterocycles. The summed E-state index contributed by atoms with van der Waals surface area (Å²) in [5.74, 6) is 0.846. The first kappa shape index (κ1) is 9.93. The molecule has 1 aromatic carbocycles. The number of benzene rings is 1. The van der Waals surface area contributed by atoms with Crippen LogP contribution in [0, 0.1) is 0 Å². The van der Waals surface area contributed by atoms with Crippen molar-refractivity contribution in [2.24, 2.45) is 0 Å². The van der Waals surface area contributed by atoms with Crippen LogP contribution in [0.5, 0.6) is 0 Å². The standard InChI is InChI=1S/C10H11NO.ClH/c1-2-11-10-7-8-5-3-4-6-9(8)12-10;/h3-7,11H,2H2,1H3;1H. The Morgan fingerprint density at radius 2 is 2.08 bits per heavy atom. The van der Waals surface area contributed by atoms with Gasteiger partial charge in [-0.15, -0.1) is 12.4 Å². The van der Waals surface area contributed by atoms with Crippen molar-refractivity contribution in [1.29, 1.82) is 0 Å². The maximum absolute atomic E-state index is 5.50. The minimum Gasteiger partial charge on any atom is -0.441 e. The van der Waals surface area contributed by atoms with Crippen molar-refractivity contribution in [1.82, 2.24) is 0 Å². The largest absolute Gasteiger partial charge is 0.441 e. The topological polar surface area (TPSA) is 25.2 Å². The maximum Gasteiger partial charge on any atom is 0.194 e. The van der Waals surface area contributed by atoms with E-state index in [9.17, 15) is 0 Å². The summed E-state index contributed by atoms with van der Waals surface area (Å²) in [7, 11) is 0. The van der Waals surface area contributed by atoms with Crippen molar-refractivity contribution in [2.45, 2.75) is 6.92 Å². The van der Waals surface area contributed by atoms with Gasteiger partial charge >= 0.3 is 0 Å². The molecule has 0 unspecified atom stereocenters. The second-order valence-electron chi connectivity index (χ2n) is 2.68. The average Bonchev–Trinajstić information content (AvgIpc) is 2.47. The molecule has 13 heavy (non-hydrogen) atoms. The van der Waals surface area contributed by atoms with Gasteiger partial charge in [-0.05, 0) is 13.0 Å². The van der Waals surface area contributed by atoms with Gasteiger partial charge in [0.1, 0.15) is 5.58 Å². The Balaban J connectivity index is 0.000000845. The Hall–Kier alpha value is -1.15. The summed E-state index contributed by atoms with van der Waals surface area (Å²) in [5, 5.41) is 4.28. The van der Waals surface area contributed by atoms with E-state index in [0.717, 1.165) is 23.4 Å². The highest BCUT2D eigenvalue weighted by Gasteiger charge is 1.99. The van der Waals surface area contributed by atoms with Crippen LogP contribution in [0.4, 0.5) is 5.88 Å². The first-order valence-corrected chi connectivity index (χ1v) is 4.12. The van der Waals surface area contributed by atoms with E-state index in [4.69, 9.17) is 4.42 Å². The zero-order chi connectivity index (χ0) is 8.39. The molecule has 0 aliphatic rings. The lowest BCUT2D eigenvalue weighted by molar-refractivity contribution is 0.628. The third-order valence-electron chi connectivity index (χ3n) is 1.78. The Labute approximate surface area is 83.3 Å². The van der Waals surface area contributed by atoms with Crippen LogP contribution in [0.2, 0.25) is 0 Å². The number of furan rings is 1. The van der Waals surface area contributed by atoms with Crippen molar-refractivity contribution >= 4 is 29.3 Å². The molecule has 1 heterocycles. The van der Waals surface area contributed by atoms with E-state index >= 15 is 0 Å². The summed E-state index contributed by atoms with van der Waals surface area (Å²) >= 11 is 0. The van der Waals surface area contributed by atoms with Gasteiger partial charge in [-0.1, -0.05) is 18.2 Å². The summed E-state index contributed by atoms with van der Waals surface area (Å²) in [5.41, 5.74) is 0.938. The van der Waals surface area contributed by atoms with Crippen LogP contribution in [-0.4, -0.2) is 6.54 Å². The first-order chi connectivity index (χ1) is 5.90. The zero-order valence-electron chi connectivity index (χ0n) is 7.41. The van der Waals surface area contributed by atoms with Gasteiger partial charge < -0.3 is 9.73 Å². The van der Waals surface area contributed by atoms with Gasteiger partial charge in [0.25, 0.3) is 0 Å². The molecule has 0 atom stereocenters. The van der Waals surface area contributed by atoms with Gasteiger partial charge in [-0.2, -0.15) is 0 Å². The van der Waals surface area contributed by atoms with Crippen LogP contribution < -0.4 is 5.32 Å². The fraction of sp³-hybridized carbons (Fsp3) is 0.200. The number of hydrogen-bond donors (Lipinski definition) is 1.